The third kappa shape index (κ3) is 5.93. The Bertz CT molecular complexity index is 1470. The smallest absolute Gasteiger partial charge is 0.330 e. The minimum Gasteiger partial charge on any atom is -0.464 e. The SMILES string of the molecule is CCOC(=O)C(CNC(=O)NC1CCN(c2ccc(C(=N)N)cc2)C1=O)NC(=O)c1[nH]c2ccccc2c1C=O. The van der Waals surface area contributed by atoms with Gasteiger partial charge in [-0.05, 0) is 43.7 Å². The van der Waals surface area contributed by atoms with Crippen LogP contribution in [0.15, 0.2) is 48.5 Å². The molecule has 1 fully saturated rings. The summed E-state index contributed by atoms with van der Waals surface area (Å²) in [4.78, 5) is 67.1. The number of urea groups is 1. The van der Waals surface area contributed by atoms with E-state index in [1.54, 1.807) is 55.5 Å². The summed E-state index contributed by atoms with van der Waals surface area (Å²) < 4.78 is 5.04. The number of ether oxygens (including phenoxy) is 1. The fourth-order valence-corrected chi connectivity index (χ4v) is 4.43. The standard InChI is InChI=1S/C27H29N7O6/c1-2-40-26(38)21(32-24(36)22-18(14-35)17-5-3-4-6-19(17)31-22)13-30-27(39)33-20-11-12-34(25(20)37)16-9-7-15(8-10-16)23(28)29/h3-10,14,20-21,31H,2,11-13H2,1H3,(H3,28,29)(H,32,36)(H2,30,33,39). The zero-order chi connectivity index (χ0) is 28.8. The van der Waals surface area contributed by atoms with Crippen molar-refractivity contribution in [3.63, 3.8) is 0 Å². The first kappa shape index (κ1) is 27.8. The lowest BCUT2D eigenvalue weighted by molar-refractivity contribution is -0.145. The second kappa shape index (κ2) is 12.1. The molecule has 2 atom stereocenters. The highest BCUT2D eigenvalue weighted by atomic mass is 16.5. The van der Waals surface area contributed by atoms with Gasteiger partial charge < -0.3 is 36.3 Å². The Balaban J connectivity index is 1.38. The van der Waals surface area contributed by atoms with Gasteiger partial charge in [-0.2, -0.15) is 0 Å². The molecule has 13 heteroatoms. The number of H-pyrrole nitrogens is 1. The molecule has 3 aromatic rings. The number of carbonyl (C=O) groups excluding carboxylic acids is 5. The molecule has 0 aliphatic carbocycles. The van der Waals surface area contributed by atoms with Crippen molar-refractivity contribution in [2.75, 3.05) is 24.6 Å². The molecule has 1 aliphatic heterocycles. The van der Waals surface area contributed by atoms with Gasteiger partial charge in [0, 0.05) is 28.7 Å². The number of amidine groups is 1. The number of benzene rings is 2. The van der Waals surface area contributed by atoms with Crippen LogP contribution in [0.25, 0.3) is 10.9 Å². The van der Waals surface area contributed by atoms with Gasteiger partial charge in [0.05, 0.1) is 18.7 Å². The fraction of sp³-hybridized carbons (Fsp3) is 0.259. The lowest BCUT2D eigenvalue weighted by atomic mass is 10.1. The Labute approximate surface area is 228 Å². The Morgan fingerprint density at radius 1 is 1.20 bits per heavy atom. The summed E-state index contributed by atoms with van der Waals surface area (Å²) in [5.41, 5.74) is 7.30. The second-order valence-electron chi connectivity index (χ2n) is 9.00. The van der Waals surface area contributed by atoms with Gasteiger partial charge in [-0.1, -0.05) is 18.2 Å². The van der Waals surface area contributed by atoms with Crippen molar-refractivity contribution in [1.82, 2.24) is 20.9 Å². The maximum absolute atomic E-state index is 13.0. The Morgan fingerprint density at radius 3 is 2.60 bits per heavy atom. The van der Waals surface area contributed by atoms with Crippen LogP contribution in [-0.2, 0) is 14.3 Å². The molecule has 13 nitrogen and oxygen atoms in total. The fourth-order valence-electron chi connectivity index (χ4n) is 4.43. The molecule has 2 unspecified atom stereocenters. The van der Waals surface area contributed by atoms with Crippen LogP contribution in [0.3, 0.4) is 0 Å². The van der Waals surface area contributed by atoms with Crippen LogP contribution >= 0.6 is 0 Å². The van der Waals surface area contributed by atoms with E-state index in [4.69, 9.17) is 15.9 Å². The van der Waals surface area contributed by atoms with Crippen LogP contribution in [0.4, 0.5) is 10.5 Å². The molecule has 1 aliphatic rings. The maximum Gasteiger partial charge on any atom is 0.330 e. The van der Waals surface area contributed by atoms with Gasteiger partial charge in [0.2, 0.25) is 5.91 Å². The Morgan fingerprint density at radius 2 is 1.93 bits per heavy atom. The molecule has 0 spiro atoms. The normalized spacial score (nSPS) is 15.4. The number of para-hydroxylation sites is 1. The van der Waals surface area contributed by atoms with Gasteiger partial charge in [-0.3, -0.25) is 19.8 Å². The van der Waals surface area contributed by atoms with Crippen molar-refractivity contribution in [2.24, 2.45) is 5.73 Å². The number of aromatic amines is 1. The average molecular weight is 548 g/mol. The first-order chi connectivity index (χ1) is 19.2. The molecule has 0 saturated carbocycles. The number of fused-ring (bicyclic) bond motifs is 1. The number of nitrogens with two attached hydrogens (primary N) is 1. The van der Waals surface area contributed by atoms with E-state index in [1.807, 2.05) is 0 Å². The highest BCUT2D eigenvalue weighted by Gasteiger charge is 2.34. The van der Waals surface area contributed by atoms with Gasteiger partial charge >= 0.3 is 12.0 Å². The third-order valence-corrected chi connectivity index (χ3v) is 6.44. The highest BCUT2D eigenvalue weighted by Crippen LogP contribution is 2.22. The van der Waals surface area contributed by atoms with E-state index in [-0.39, 0.29) is 36.2 Å². The predicted octanol–water partition coefficient (Wildman–Crippen LogP) is 1.03. The zero-order valence-corrected chi connectivity index (χ0v) is 21.7. The number of hydrogen-bond acceptors (Lipinski definition) is 7. The molecule has 0 bridgehead atoms. The number of nitrogens with zero attached hydrogens (tertiary/aromatic N) is 1. The minimum absolute atomic E-state index is 0.0251. The number of nitrogens with one attached hydrogen (secondary N) is 5. The summed E-state index contributed by atoms with van der Waals surface area (Å²) in [6.45, 7) is 1.69. The second-order valence-corrected chi connectivity index (χ2v) is 9.00. The Kier molecular flexibility index (Phi) is 8.42. The molecule has 4 rings (SSSR count). The summed E-state index contributed by atoms with van der Waals surface area (Å²) >= 11 is 0. The number of amides is 4. The van der Waals surface area contributed by atoms with Crippen LogP contribution in [0.1, 0.15) is 39.8 Å². The van der Waals surface area contributed by atoms with Crippen molar-refractivity contribution >= 4 is 52.5 Å². The lowest BCUT2D eigenvalue weighted by Crippen LogP contribution is -2.53. The molecule has 2 aromatic carbocycles. The van der Waals surface area contributed by atoms with Gasteiger partial charge in [-0.25, -0.2) is 9.59 Å². The van der Waals surface area contributed by atoms with Crippen molar-refractivity contribution in [3.05, 3.63) is 65.4 Å². The van der Waals surface area contributed by atoms with Crippen molar-refractivity contribution in [1.29, 1.82) is 5.41 Å². The van der Waals surface area contributed by atoms with E-state index in [2.05, 4.69) is 20.9 Å². The average Bonchev–Trinajstić information content (AvgIpc) is 3.51. The number of nitrogen functional groups attached to an aromatic ring is 1. The number of rotatable bonds is 10. The quantitative estimate of drug-likeness (QED) is 0.0942. The van der Waals surface area contributed by atoms with Crippen LogP contribution in [0.2, 0.25) is 0 Å². The van der Waals surface area contributed by atoms with Crippen molar-refractivity contribution in [2.45, 2.75) is 25.4 Å². The van der Waals surface area contributed by atoms with Crippen molar-refractivity contribution in [3.8, 4) is 0 Å². The summed E-state index contributed by atoms with van der Waals surface area (Å²) in [7, 11) is 0. The van der Waals surface area contributed by atoms with Gasteiger partial charge in [-0.15, -0.1) is 0 Å². The summed E-state index contributed by atoms with van der Waals surface area (Å²) in [6.07, 6.45) is 0.909. The summed E-state index contributed by atoms with van der Waals surface area (Å²) in [5.74, 6) is -1.91. The molecule has 7 N–H and O–H groups in total. The number of hydrogen-bond donors (Lipinski definition) is 6. The van der Waals surface area contributed by atoms with Crippen LogP contribution < -0.4 is 26.6 Å². The summed E-state index contributed by atoms with van der Waals surface area (Å²) in [5, 5.41) is 15.6. The molecule has 4 amide bonds. The number of carbonyl (C=O) groups is 5. The van der Waals surface area contributed by atoms with Crippen LogP contribution in [0, 0.1) is 5.41 Å². The molecule has 1 aromatic heterocycles. The predicted molar refractivity (Wildman–Crippen MR) is 146 cm³/mol. The molecule has 208 valence electrons. The Hall–Kier alpha value is -5.20. The summed E-state index contributed by atoms with van der Waals surface area (Å²) in [6, 6.07) is 10.7. The topological polar surface area (TPSA) is 200 Å². The van der Waals surface area contributed by atoms with E-state index in [1.165, 1.54) is 4.90 Å². The number of aldehydes is 1. The third-order valence-electron chi connectivity index (χ3n) is 6.44. The van der Waals surface area contributed by atoms with E-state index in [0.717, 1.165) is 0 Å². The van der Waals surface area contributed by atoms with Crippen LogP contribution in [-0.4, -0.2) is 72.7 Å². The van der Waals surface area contributed by atoms with E-state index in [9.17, 15) is 24.0 Å². The van der Waals surface area contributed by atoms with Gasteiger partial charge in [0.25, 0.3) is 5.91 Å². The first-order valence-corrected chi connectivity index (χ1v) is 12.6. The molecule has 2 heterocycles. The number of aromatic nitrogens is 1. The monoisotopic (exact) mass is 547 g/mol. The number of esters is 1. The zero-order valence-electron chi connectivity index (χ0n) is 21.7. The van der Waals surface area contributed by atoms with E-state index in [0.29, 0.717) is 41.4 Å². The van der Waals surface area contributed by atoms with Crippen molar-refractivity contribution < 1.29 is 28.7 Å². The first-order valence-electron chi connectivity index (χ1n) is 12.6. The number of anilines is 1. The lowest BCUT2D eigenvalue weighted by Gasteiger charge is -2.20. The van der Waals surface area contributed by atoms with Gasteiger partial charge in [0.15, 0.2) is 6.29 Å². The van der Waals surface area contributed by atoms with Crippen LogP contribution in [0.5, 0.6) is 0 Å². The van der Waals surface area contributed by atoms with Gasteiger partial charge in [0.1, 0.15) is 23.6 Å². The maximum atomic E-state index is 13.0. The minimum atomic E-state index is -1.26. The molecular weight excluding hydrogens is 518 g/mol. The van der Waals surface area contributed by atoms with E-state index >= 15 is 0 Å². The molecule has 40 heavy (non-hydrogen) atoms. The molecular formula is C27H29N7O6. The molecule has 0 radical (unpaired) electrons. The van der Waals surface area contributed by atoms with E-state index < -0.39 is 30.0 Å². The largest absolute Gasteiger partial charge is 0.464 e. The highest BCUT2D eigenvalue weighted by molar-refractivity contribution is 6.10. The molecule has 1 saturated heterocycles.